The van der Waals surface area contributed by atoms with E-state index in [4.69, 9.17) is 0 Å². The van der Waals surface area contributed by atoms with E-state index in [1.165, 1.54) is 0 Å². The number of piperidine rings is 1. The Morgan fingerprint density at radius 1 is 1.42 bits per heavy atom. The minimum Gasteiger partial charge on any atom is -0.338 e. The molecular formula is C15H19BrN2O. The number of carbonyl (C=O) groups is 1. The number of hydrogen-bond acceptors (Lipinski definition) is 2. The fourth-order valence-corrected chi connectivity index (χ4v) is 2.52. The molecule has 0 spiro atoms. The number of carbonyl (C=O) groups excluding carboxylic acids is 1. The topological polar surface area (TPSA) is 32.3 Å². The van der Waals surface area contributed by atoms with Gasteiger partial charge in [-0.3, -0.25) is 4.79 Å². The van der Waals surface area contributed by atoms with Gasteiger partial charge < -0.3 is 10.2 Å². The Morgan fingerprint density at radius 2 is 2.16 bits per heavy atom. The molecule has 1 aliphatic rings. The van der Waals surface area contributed by atoms with Gasteiger partial charge in [-0.1, -0.05) is 28.1 Å². The molecule has 1 atom stereocenters. The first-order valence-electron chi connectivity index (χ1n) is 6.59. The minimum absolute atomic E-state index is 0.0999. The van der Waals surface area contributed by atoms with Crippen molar-refractivity contribution < 1.29 is 4.79 Å². The van der Waals surface area contributed by atoms with Crippen molar-refractivity contribution in [1.82, 2.24) is 10.2 Å². The van der Waals surface area contributed by atoms with Gasteiger partial charge in [0.1, 0.15) is 0 Å². The second-order valence-corrected chi connectivity index (χ2v) is 5.71. The lowest BCUT2D eigenvalue weighted by Gasteiger charge is -2.31. The van der Waals surface area contributed by atoms with E-state index in [-0.39, 0.29) is 5.91 Å². The number of amides is 1. The van der Waals surface area contributed by atoms with Crippen molar-refractivity contribution in [3.63, 3.8) is 0 Å². The first-order chi connectivity index (χ1) is 9.19. The summed E-state index contributed by atoms with van der Waals surface area (Å²) in [6.07, 6.45) is 5.76. The summed E-state index contributed by atoms with van der Waals surface area (Å²) in [5, 5.41) is 3.25. The number of nitrogens with one attached hydrogen (secondary N) is 1. The van der Waals surface area contributed by atoms with Crippen LogP contribution in [0.5, 0.6) is 0 Å². The predicted octanol–water partition coefficient (Wildman–Crippen LogP) is 2.67. The molecule has 1 N–H and O–H groups in total. The van der Waals surface area contributed by atoms with Crippen LogP contribution in [0, 0.1) is 0 Å². The van der Waals surface area contributed by atoms with Crippen molar-refractivity contribution >= 4 is 27.9 Å². The fraction of sp³-hybridized carbons (Fsp3) is 0.400. The zero-order chi connectivity index (χ0) is 13.7. The summed E-state index contributed by atoms with van der Waals surface area (Å²) in [7, 11) is 1.95. The van der Waals surface area contributed by atoms with Gasteiger partial charge in [-0.25, -0.2) is 0 Å². The first-order valence-corrected chi connectivity index (χ1v) is 7.38. The van der Waals surface area contributed by atoms with Crippen molar-refractivity contribution in [2.45, 2.75) is 18.9 Å². The molecule has 3 nitrogen and oxygen atoms in total. The van der Waals surface area contributed by atoms with E-state index in [9.17, 15) is 4.79 Å². The van der Waals surface area contributed by atoms with Crippen LogP contribution in [0.25, 0.3) is 6.08 Å². The van der Waals surface area contributed by atoms with Crippen LogP contribution in [-0.2, 0) is 4.79 Å². The van der Waals surface area contributed by atoms with Gasteiger partial charge >= 0.3 is 0 Å². The smallest absolute Gasteiger partial charge is 0.246 e. The highest BCUT2D eigenvalue weighted by Crippen LogP contribution is 2.13. The van der Waals surface area contributed by atoms with E-state index in [1.807, 2.05) is 42.3 Å². The monoisotopic (exact) mass is 322 g/mol. The van der Waals surface area contributed by atoms with Gasteiger partial charge in [-0.2, -0.15) is 0 Å². The number of benzene rings is 1. The number of nitrogens with zero attached hydrogens (tertiary/aromatic N) is 1. The van der Waals surface area contributed by atoms with Crippen LogP contribution in [0.4, 0.5) is 0 Å². The summed E-state index contributed by atoms with van der Waals surface area (Å²) in [4.78, 5) is 14.0. The normalized spacial score (nSPS) is 19.9. The molecule has 1 heterocycles. The summed E-state index contributed by atoms with van der Waals surface area (Å²) in [6.45, 7) is 1.67. The van der Waals surface area contributed by atoms with Crippen LogP contribution in [0.15, 0.2) is 34.8 Å². The summed E-state index contributed by atoms with van der Waals surface area (Å²) in [6, 6.07) is 8.35. The van der Waals surface area contributed by atoms with Crippen LogP contribution < -0.4 is 5.32 Å². The maximum absolute atomic E-state index is 12.1. The van der Waals surface area contributed by atoms with E-state index in [0.717, 1.165) is 36.0 Å². The summed E-state index contributed by atoms with van der Waals surface area (Å²) in [5.41, 5.74) is 1.04. The van der Waals surface area contributed by atoms with E-state index in [0.29, 0.717) is 6.04 Å². The average Bonchev–Trinajstić information content (AvgIpc) is 2.46. The average molecular weight is 323 g/mol. The van der Waals surface area contributed by atoms with E-state index >= 15 is 0 Å². The van der Waals surface area contributed by atoms with Gasteiger partial charge in [0, 0.05) is 29.7 Å². The third-order valence-electron chi connectivity index (χ3n) is 3.43. The predicted molar refractivity (Wildman–Crippen MR) is 81.8 cm³/mol. The Balaban J connectivity index is 1.94. The highest BCUT2D eigenvalue weighted by atomic mass is 79.9. The molecule has 4 heteroatoms. The van der Waals surface area contributed by atoms with Gasteiger partial charge in [0.25, 0.3) is 0 Å². The molecule has 19 heavy (non-hydrogen) atoms. The van der Waals surface area contributed by atoms with Crippen molar-refractivity contribution in [2.75, 3.05) is 20.1 Å². The summed E-state index contributed by atoms with van der Waals surface area (Å²) >= 11 is 3.40. The van der Waals surface area contributed by atoms with Crippen molar-refractivity contribution in [1.29, 1.82) is 0 Å². The van der Waals surface area contributed by atoms with Crippen LogP contribution in [0.2, 0.25) is 0 Å². The number of likely N-dealkylation sites (tertiary alicyclic amines) is 1. The molecule has 1 aromatic rings. The van der Waals surface area contributed by atoms with Gasteiger partial charge in [0.2, 0.25) is 5.91 Å². The van der Waals surface area contributed by atoms with Crippen LogP contribution in [-0.4, -0.2) is 37.0 Å². The lowest BCUT2D eigenvalue weighted by molar-refractivity contribution is -0.127. The van der Waals surface area contributed by atoms with Gasteiger partial charge in [-0.15, -0.1) is 0 Å². The van der Waals surface area contributed by atoms with Gasteiger partial charge in [-0.05, 0) is 43.7 Å². The zero-order valence-corrected chi connectivity index (χ0v) is 12.7. The largest absolute Gasteiger partial charge is 0.338 e. The maximum Gasteiger partial charge on any atom is 0.246 e. The van der Waals surface area contributed by atoms with Crippen LogP contribution in [0.3, 0.4) is 0 Å². The molecule has 1 unspecified atom stereocenters. The molecule has 2 rings (SSSR count). The highest BCUT2D eigenvalue weighted by molar-refractivity contribution is 9.10. The molecule has 0 saturated carbocycles. The quantitative estimate of drug-likeness (QED) is 0.868. The fourth-order valence-electron chi connectivity index (χ4n) is 2.26. The van der Waals surface area contributed by atoms with Crippen molar-refractivity contribution in [2.24, 2.45) is 0 Å². The minimum atomic E-state index is 0.0999. The first kappa shape index (κ1) is 14.3. The second kappa shape index (κ2) is 6.87. The molecule has 1 fully saturated rings. The molecule has 1 aliphatic heterocycles. The molecule has 102 valence electrons. The van der Waals surface area contributed by atoms with Gasteiger partial charge in [0.15, 0.2) is 0 Å². The molecule has 1 aromatic carbocycles. The molecular weight excluding hydrogens is 304 g/mol. The molecule has 0 radical (unpaired) electrons. The van der Waals surface area contributed by atoms with E-state index < -0.39 is 0 Å². The summed E-state index contributed by atoms with van der Waals surface area (Å²) < 4.78 is 1.05. The third kappa shape index (κ3) is 4.18. The number of hydrogen-bond donors (Lipinski definition) is 1. The van der Waals surface area contributed by atoms with E-state index in [2.05, 4.69) is 21.2 Å². The number of likely N-dealkylation sites (N-methyl/N-ethyl adjacent to an activating group) is 1. The third-order valence-corrected chi connectivity index (χ3v) is 3.96. The lowest BCUT2D eigenvalue weighted by Crippen LogP contribution is -2.46. The summed E-state index contributed by atoms with van der Waals surface area (Å²) in [5.74, 6) is 0.0999. The molecule has 0 bridgehead atoms. The SMILES string of the molecule is CNC1CCCN(C(=O)C=Cc2ccc(Br)cc2)C1. The van der Waals surface area contributed by atoms with Crippen LogP contribution >= 0.6 is 15.9 Å². The van der Waals surface area contributed by atoms with Crippen LogP contribution in [0.1, 0.15) is 18.4 Å². The van der Waals surface area contributed by atoms with Crippen molar-refractivity contribution in [3.05, 3.63) is 40.4 Å². The van der Waals surface area contributed by atoms with Gasteiger partial charge in [0.05, 0.1) is 0 Å². The Labute approximate surface area is 122 Å². The zero-order valence-electron chi connectivity index (χ0n) is 11.1. The Morgan fingerprint density at radius 3 is 2.84 bits per heavy atom. The molecule has 1 amide bonds. The Hall–Kier alpha value is -1.13. The highest BCUT2D eigenvalue weighted by Gasteiger charge is 2.20. The second-order valence-electron chi connectivity index (χ2n) is 4.80. The lowest BCUT2D eigenvalue weighted by atomic mass is 10.1. The maximum atomic E-state index is 12.1. The molecule has 1 saturated heterocycles. The molecule has 0 aromatic heterocycles. The standard InChI is InChI=1S/C15H19BrN2O/c1-17-14-3-2-10-18(11-14)15(19)9-6-12-4-7-13(16)8-5-12/h4-9,14,17H,2-3,10-11H2,1H3. The Bertz CT molecular complexity index is 456. The van der Waals surface area contributed by atoms with Crippen molar-refractivity contribution in [3.8, 4) is 0 Å². The number of rotatable bonds is 3. The number of halogens is 1. The Kier molecular flexibility index (Phi) is 5.16. The molecule has 0 aliphatic carbocycles. The van der Waals surface area contributed by atoms with E-state index in [1.54, 1.807) is 6.08 Å².